The molecule has 172 valence electrons. The van der Waals surface area contributed by atoms with Gasteiger partial charge in [0.1, 0.15) is 11.5 Å². The van der Waals surface area contributed by atoms with E-state index in [9.17, 15) is 0 Å². The minimum absolute atomic E-state index is 0.595. The van der Waals surface area contributed by atoms with Gasteiger partial charge in [-0.3, -0.25) is 4.90 Å². The van der Waals surface area contributed by atoms with Crippen molar-refractivity contribution in [3.8, 4) is 17.3 Å². The van der Waals surface area contributed by atoms with E-state index in [4.69, 9.17) is 9.84 Å². The number of rotatable bonds is 5. The third kappa shape index (κ3) is 4.41. The van der Waals surface area contributed by atoms with E-state index in [0.29, 0.717) is 6.04 Å². The standard InChI is InChI=1S/C28H29N5O/c1-2-6-25(7-3-1)34-26-12-9-23(10-13-26)31-16-18-32(19-17-31)24-11-14-27-22(20-24)21-33(30-27)28-8-4-5-15-29-28/h1-10,12-13,15,21,24H,11,14,16-20H2. The number of aromatic nitrogens is 3. The van der Waals surface area contributed by atoms with E-state index in [1.807, 2.05) is 59.4 Å². The predicted molar refractivity (Wildman–Crippen MR) is 134 cm³/mol. The molecule has 1 unspecified atom stereocenters. The van der Waals surface area contributed by atoms with Gasteiger partial charge in [0.25, 0.3) is 0 Å². The highest BCUT2D eigenvalue weighted by atomic mass is 16.5. The molecule has 34 heavy (non-hydrogen) atoms. The number of ether oxygens (including phenoxy) is 1. The topological polar surface area (TPSA) is 46.4 Å². The lowest BCUT2D eigenvalue weighted by molar-refractivity contribution is 0.169. The van der Waals surface area contributed by atoms with E-state index in [1.54, 1.807) is 0 Å². The van der Waals surface area contributed by atoms with Gasteiger partial charge in [-0.25, -0.2) is 9.67 Å². The van der Waals surface area contributed by atoms with Gasteiger partial charge >= 0.3 is 0 Å². The average molecular weight is 452 g/mol. The third-order valence-electron chi connectivity index (χ3n) is 6.94. The Morgan fingerprint density at radius 3 is 2.32 bits per heavy atom. The fourth-order valence-corrected chi connectivity index (χ4v) is 5.10. The zero-order chi connectivity index (χ0) is 22.7. The molecule has 0 radical (unpaired) electrons. The summed E-state index contributed by atoms with van der Waals surface area (Å²) in [7, 11) is 0. The number of para-hydroxylation sites is 1. The summed E-state index contributed by atoms with van der Waals surface area (Å²) in [5, 5.41) is 4.80. The zero-order valence-electron chi connectivity index (χ0n) is 19.3. The van der Waals surface area contributed by atoms with Gasteiger partial charge in [-0.15, -0.1) is 0 Å². The van der Waals surface area contributed by atoms with Gasteiger partial charge < -0.3 is 9.64 Å². The number of piperazine rings is 1. The number of fused-ring (bicyclic) bond motifs is 1. The van der Waals surface area contributed by atoms with E-state index in [1.165, 1.54) is 23.4 Å². The summed E-state index contributed by atoms with van der Waals surface area (Å²) in [5.74, 6) is 2.63. The average Bonchev–Trinajstić information content (AvgIpc) is 3.34. The molecule has 1 saturated heterocycles. The molecule has 6 heteroatoms. The van der Waals surface area contributed by atoms with Crippen molar-refractivity contribution in [3.63, 3.8) is 0 Å². The number of hydrogen-bond donors (Lipinski definition) is 0. The summed E-state index contributed by atoms with van der Waals surface area (Å²) in [6, 6.07) is 25.0. The van der Waals surface area contributed by atoms with Gasteiger partial charge in [0.05, 0.1) is 5.69 Å². The molecule has 0 bridgehead atoms. The van der Waals surface area contributed by atoms with E-state index >= 15 is 0 Å². The Labute approximate surface area is 200 Å². The Hall–Kier alpha value is -3.64. The van der Waals surface area contributed by atoms with E-state index < -0.39 is 0 Å². The summed E-state index contributed by atoms with van der Waals surface area (Å²) in [6.45, 7) is 4.29. The molecule has 6 rings (SSSR count). The minimum atomic E-state index is 0.595. The second-order valence-electron chi connectivity index (χ2n) is 9.06. The molecule has 3 heterocycles. The first-order valence-electron chi connectivity index (χ1n) is 12.1. The van der Waals surface area contributed by atoms with E-state index in [-0.39, 0.29) is 0 Å². The highest BCUT2D eigenvalue weighted by Gasteiger charge is 2.29. The van der Waals surface area contributed by atoms with Gasteiger partial charge in [0.15, 0.2) is 5.82 Å². The Balaban J connectivity index is 1.05. The molecule has 0 spiro atoms. The van der Waals surface area contributed by atoms with Gasteiger partial charge in [0, 0.05) is 50.3 Å². The molecule has 2 aromatic heterocycles. The van der Waals surface area contributed by atoms with Crippen molar-refractivity contribution in [1.29, 1.82) is 0 Å². The monoisotopic (exact) mass is 451 g/mol. The first-order valence-corrected chi connectivity index (χ1v) is 12.1. The van der Waals surface area contributed by atoms with Crippen LogP contribution in [0.5, 0.6) is 11.5 Å². The molecule has 6 nitrogen and oxygen atoms in total. The summed E-state index contributed by atoms with van der Waals surface area (Å²) in [6.07, 6.45) is 7.30. The quantitative estimate of drug-likeness (QED) is 0.439. The van der Waals surface area contributed by atoms with Crippen LogP contribution in [-0.4, -0.2) is 51.9 Å². The number of nitrogens with zero attached hydrogens (tertiary/aromatic N) is 5. The summed E-state index contributed by atoms with van der Waals surface area (Å²) in [5.41, 5.74) is 3.87. The smallest absolute Gasteiger partial charge is 0.153 e. The molecule has 1 aliphatic heterocycles. The van der Waals surface area contributed by atoms with Gasteiger partial charge in [0.2, 0.25) is 0 Å². The first-order chi connectivity index (χ1) is 16.8. The molecular formula is C28H29N5O. The highest BCUT2D eigenvalue weighted by molar-refractivity contribution is 5.50. The number of anilines is 1. The SMILES string of the molecule is c1ccc(Oc2ccc(N3CCN(C4CCc5nn(-c6ccccn6)cc5C4)CC3)cc2)cc1. The van der Waals surface area contributed by atoms with Gasteiger partial charge in [-0.1, -0.05) is 24.3 Å². The maximum atomic E-state index is 5.94. The number of aryl methyl sites for hydroxylation is 1. The fourth-order valence-electron chi connectivity index (χ4n) is 5.10. The predicted octanol–water partition coefficient (Wildman–Crippen LogP) is 4.74. The van der Waals surface area contributed by atoms with Crippen LogP contribution in [0.3, 0.4) is 0 Å². The maximum absolute atomic E-state index is 5.94. The first kappa shape index (κ1) is 20.9. The Kier molecular flexibility index (Phi) is 5.73. The van der Waals surface area contributed by atoms with Crippen LogP contribution in [0, 0.1) is 0 Å². The van der Waals surface area contributed by atoms with Gasteiger partial charge in [-0.2, -0.15) is 5.10 Å². The van der Waals surface area contributed by atoms with E-state index in [0.717, 1.165) is 56.3 Å². The number of benzene rings is 2. The molecule has 2 aromatic carbocycles. The van der Waals surface area contributed by atoms with Crippen LogP contribution in [-0.2, 0) is 12.8 Å². The second-order valence-corrected chi connectivity index (χ2v) is 9.06. The molecule has 1 atom stereocenters. The lowest BCUT2D eigenvalue weighted by Crippen LogP contribution is -2.51. The van der Waals surface area contributed by atoms with Crippen LogP contribution < -0.4 is 9.64 Å². The van der Waals surface area contributed by atoms with Crippen LogP contribution in [0.25, 0.3) is 5.82 Å². The summed E-state index contributed by atoms with van der Waals surface area (Å²) < 4.78 is 7.88. The molecule has 1 aliphatic carbocycles. The zero-order valence-corrected chi connectivity index (χ0v) is 19.3. The minimum Gasteiger partial charge on any atom is -0.457 e. The second kappa shape index (κ2) is 9.31. The molecule has 0 N–H and O–H groups in total. The molecule has 4 aromatic rings. The third-order valence-corrected chi connectivity index (χ3v) is 6.94. The molecule has 2 aliphatic rings. The van der Waals surface area contributed by atoms with Crippen molar-refractivity contribution in [2.24, 2.45) is 0 Å². The maximum Gasteiger partial charge on any atom is 0.153 e. The fraction of sp³-hybridized carbons (Fsp3) is 0.286. The molecular weight excluding hydrogens is 422 g/mol. The van der Waals surface area contributed by atoms with Crippen molar-refractivity contribution in [3.05, 3.63) is 96.4 Å². The van der Waals surface area contributed by atoms with Crippen LogP contribution in [0.2, 0.25) is 0 Å². The Morgan fingerprint density at radius 1 is 0.794 bits per heavy atom. The Bertz CT molecular complexity index is 1210. The molecule has 0 amide bonds. The summed E-state index contributed by atoms with van der Waals surface area (Å²) >= 11 is 0. The molecule has 0 saturated carbocycles. The summed E-state index contributed by atoms with van der Waals surface area (Å²) in [4.78, 5) is 9.59. The van der Waals surface area contributed by atoms with Crippen LogP contribution >= 0.6 is 0 Å². The van der Waals surface area contributed by atoms with Crippen molar-refractivity contribution >= 4 is 5.69 Å². The van der Waals surface area contributed by atoms with Crippen molar-refractivity contribution < 1.29 is 4.74 Å². The van der Waals surface area contributed by atoms with Crippen LogP contribution in [0.15, 0.2) is 85.2 Å². The normalized spacial score (nSPS) is 18.5. The number of pyridine rings is 1. The lowest BCUT2D eigenvalue weighted by atomic mass is 9.92. The lowest BCUT2D eigenvalue weighted by Gasteiger charge is -2.41. The van der Waals surface area contributed by atoms with E-state index in [2.05, 4.69) is 45.2 Å². The van der Waals surface area contributed by atoms with Crippen molar-refractivity contribution in [2.75, 3.05) is 31.1 Å². The number of hydrogen-bond acceptors (Lipinski definition) is 5. The highest BCUT2D eigenvalue weighted by Crippen LogP contribution is 2.28. The largest absolute Gasteiger partial charge is 0.457 e. The van der Waals surface area contributed by atoms with Crippen LogP contribution in [0.4, 0.5) is 5.69 Å². The van der Waals surface area contributed by atoms with Gasteiger partial charge in [-0.05, 0) is 73.4 Å². The van der Waals surface area contributed by atoms with Crippen molar-refractivity contribution in [2.45, 2.75) is 25.3 Å². The van der Waals surface area contributed by atoms with Crippen molar-refractivity contribution in [1.82, 2.24) is 19.7 Å². The Morgan fingerprint density at radius 2 is 1.56 bits per heavy atom. The molecule has 1 fully saturated rings. The van der Waals surface area contributed by atoms with Crippen LogP contribution in [0.1, 0.15) is 17.7 Å².